The minimum absolute atomic E-state index is 0.197. The molecule has 1 amide bonds. The van der Waals surface area contributed by atoms with Crippen molar-refractivity contribution in [1.29, 1.82) is 0 Å². The van der Waals surface area contributed by atoms with Crippen LogP contribution in [0.3, 0.4) is 0 Å². The van der Waals surface area contributed by atoms with Crippen molar-refractivity contribution in [3.8, 4) is 0 Å². The number of rotatable bonds is 4. The molecule has 0 aliphatic heterocycles. The standard InChI is InChI=1S/C7H17N3O/c1-6(7(8)11)10(4)5-9(2)3/h6H,5H2,1-4H3,(H2,8,11). The number of nitrogens with two attached hydrogens (primary N) is 1. The molecule has 0 aliphatic rings. The molecule has 1 atom stereocenters. The van der Waals surface area contributed by atoms with E-state index in [1.54, 1.807) is 6.92 Å². The molecule has 11 heavy (non-hydrogen) atoms. The number of carbonyl (C=O) groups excluding carboxylic acids is 1. The van der Waals surface area contributed by atoms with Crippen LogP contribution in [0.1, 0.15) is 6.92 Å². The van der Waals surface area contributed by atoms with Crippen LogP contribution in [0.15, 0.2) is 0 Å². The lowest BCUT2D eigenvalue weighted by Crippen LogP contribution is -2.44. The quantitative estimate of drug-likeness (QED) is 0.552. The van der Waals surface area contributed by atoms with Crippen molar-refractivity contribution in [3.63, 3.8) is 0 Å². The van der Waals surface area contributed by atoms with Gasteiger partial charge in [0.1, 0.15) is 0 Å². The molecule has 0 fully saturated rings. The number of hydrogen-bond acceptors (Lipinski definition) is 3. The Kier molecular flexibility index (Phi) is 4.07. The second-order valence-electron chi connectivity index (χ2n) is 3.06. The summed E-state index contributed by atoms with van der Waals surface area (Å²) in [6.07, 6.45) is 0. The van der Waals surface area contributed by atoms with Crippen molar-refractivity contribution in [2.45, 2.75) is 13.0 Å². The van der Waals surface area contributed by atoms with Crippen LogP contribution in [0.25, 0.3) is 0 Å². The Bertz CT molecular complexity index is 136. The molecular formula is C7H17N3O. The predicted molar refractivity (Wildman–Crippen MR) is 45.0 cm³/mol. The van der Waals surface area contributed by atoms with Gasteiger partial charge in [-0.15, -0.1) is 0 Å². The molecule has 0 aromatic heterocycles. The first-order chi connectivity index (χ1) is 4.95. The number of hydrogen-bond donors (Lipinski definition) is 1. The number of carbonyl (C=O) groups is 1. The smallest absolute Gasteiger partial charge is 0.234 e. The highest BCUT2D eigenvalue weighted by Gasteiger charge is 2.14. The molecule has 0 radical (unpaired) electrons. The molecule has 4 heteroatoms. The van der Waals surface area contributed by atoms with Gasteiger partial charge in [-0.2, -0.15) is 0 Å². The Morgan fingerprint density at radius 1 is 1.45 bits per heavy atom. The molecule has 0 saturated heterocycles. The number of primary amides is 1. The van der Waals surface area contributed by atoms with Crippen molar-refractivity contribution in [3.05, 3.63) is 0 Å². The summed E-state index contributed by atoms with van der Waals surface area (Å²) in [4.78, 5) is 14.6. The SMILES string of the molecule is CC(C(N)=O)N(C)CN(C)C. The highest BCUT2D eigenvalue weighted by atomic mass is 16.1. The minimum Gasteiger partial charge on any atom is -0.368 e. The average Bonchev–Trinajstić information content (AvgIpc) is 1.84. The van der Waals surface area contributed by atoms with Crippen LogP contribution in [0.2, 0.25) is 0 Å². The Labute approximate surface area is 67.9 Å². The van der Waals surface area contributed by atoms with Crippen LogP contribution >= 0.6 is 0 Å². The van der Waals surface area contributed by atoms with Crippen LogP contribution in [-0.4, -0.2) is 49.6 Å². The fraction of sp³-hybridized carbons (Fsp3) is 0.857. The van der Waals surface area contributed by atoms with Gasteiger partial charge in [-0.1, -0.05) is 0 Å². The maximum atomic E-state index is 10.7. The molecule has 66 valence electrons. The van der Waals surface area contributed by atoms with Gasteiger partial charge in [0.15, 0.2) is 0 Å². The van der Waals surface area contributed by atoms with Gasteiger partial charge in [-0.25, -0.2) is 0 Å². The zero-order valence-corrected chi connectivity index (χ0v) is 7.66. The molecule has 0 spiro atoms. The van der Waals surface area contributed by atoms with Gasteiger partial charge in [0.25, 0.3) is 0 Å². The van der Waals surface area contributed by atoms with Gasteiger partial charge in [-0.05, 0) is 28.1 Å². The van der Waals surface area contributed by atoms with Crippen LogP contribution in [0.4, 0.5) is 0 Å². The minimum atomic E-state index is -0.283. The normalized spacial score (nSPS) is 14.0. The summed E-state index contributed by atoms with van der Waals surface area (Å²) >= 11 is 0. The third-order valence-electron chi connectivity index (χ3n) is 1.58. The van der Waals surface area contributed by atoms with Crippen LogP contribution in [0, 0.1) is 0 Å². The maximum absolute atomic E-state index is 10.7. The highest BCUT2D eigenvalue weighted by molar-refractivity contribution is 5.79. The first-order valence-electron chi connectivity index (χ1n) is 3.59. The first kappa shape index (κ1) is 10.4. The van der Waals surface area contributed by atoms with E-state index >= 15 is 0 Å². The van der Waals surface area contributed by atoms with Crippen molar-refractivity contribution < 1.29 is 4.79 Å². The Hall–Kier alpha value is -0.610. The molecule has 4 nitrogen and oxygen atoms in total. The molecule has 0 rings (SSSR count). The largest absolute Gasteiger partial charge is 0.368 e. The summed E-state index contributed by atoms with van der Waals surface area (Å²) in [5, 5.41) is 0. The first-order valence-corrected chi connectivity index (χ1v) is 3.59. The molecule has 2 N–H and O–H groups in total. The fourth-order valence-electron chi connectivity index (χ4n) is 0.786. The summed E-state index contributed by atoms with van der Waals surface area (Å²) < 4.78 is 0. The Balaban J connectivity index is 3.82. The van der Waals surface area contributed by atoms with Gasteiger partial charge >= 0.3 is 0 Å². The summed E-state index contributed by atoms with van der Waals surface area (Å²) in [5.41, 5.74) is 5.11. The van der Waals surface area contributed by atoms with Gasteiger partial charge in [0.05, 0.1) is 12.7 Å². The van der Waals surface area contributed by atoms with Gasteiger partial charge in [0.2, 0.25) is 5.91 Å². The fourth-order valence-corrected chi connectivity index (χ4v) is 0.786. The van der Waals surface area contributed by atoms with Crippen LogP contribution in [0.5, 0.6) is 0 Å². The molecule has 0 aromatic rings. The maximum Gasteiger partial charge on any atom is 0.234 e. The molecule has 0 aromatic carbocycles. The van der Waals surface area contributed by atoms with Crippen molar-refractivity contribution in [2.75, 3.05) is 27.8 Å². The summed E-state index contributed by atoms with van der Waals surface area (Å²) in [7, 11) is 5.77. The number of likely N-dealkylation sites (N-methyl/N-ethyl adjacent to an activating group) is 1. The lowest BCUT2D eigenvalue weighted by atomic mass is 10.3. The zero-order chi connectivity index (χ0) is 9.02. The molecule has 0 saturated carbocycles. The molecule has 0 heterocycles. The predicted octanol–water partition coefficient (Wildman–Crippen LogP) is -0.689. The van der Waals surface area contributed by atoms with E-state index in [0.29, 0.717) is 0 Å². The lowest BCUT2D eigenvalue weighted by molar-refractivity contribution is -0.122. The number of amides is 1. The summed E-state index contributed by atoms with van der Waals surface area (Å²) in [6, 6.07) is -0.197. The third kappa shape index (κ3) is 3.95. The Morgan fingerprint density at radius 3 is 2.18 bits per heavy atom. The van der Waals surface area contributed by atoms with Gasteiger partial charge in [0, 0.05) is 0 Å². The van der Waals surface area contributed by atoms with Gasteiger partial charge in [-0.3, -0.25) is 14.6 Å². The summed E-state index contributed by atoms with van der Waals surface area (Å²) in [6.45, 7) is 2.54. The molecule has 1 unspecified atom stereocenters. The van der Waals surface area contributed by atoms with E-state index in [1.807, 2.05) is 30.9 Å². The lowest BCUT2D eigenvalue weighted by Gasteiger charge is -2.25. The van der Waals surface area contributed by atoms with E-state index < -0.39 is 0 Å². The zero-order valence-electron chi connectivity index (χ0n) is 7.66. The topological polar surface area (TPSA) is 49.6 Å². The van der Waals surface area contributed by atoms with E-state index in [4.69, 9.17) is 5.73 Å². The summed E-state index contributed by atoms with van der Waals surface area (Å²) in [5.74, 6) is -0.283. The Morgan fingerprint density at radius 2 is 1.91 bits per heavy atom. The molecule has 0 aliphatic carbocycles. The van der Waals surface area contributed by atoms with E-state index in [1.165, 1.54) is 0 Å². The third-order valence-corrected chi connectivity index (χ3v) is 1.58. The van der Waals surface area contributed by atoms with Gasteiger partial charge < -0.3 is 5.73 Å². The second kappa shape index (κ2) is 4.31. The highest BCUT2D eigenvalue weighted by Crippen LogP contribution is 1.93. The van der Waals surface area contributed by atoms with E-state index in [9.17, 15) is 4.79 Å². The van der Waals surface area contributed by atoms with Crippen molar-refractivity contribution in [2.24, 2.45) is 5.73 Å². The average molecular weight is 159 g/mol. The number of nitrogens with zero attached hydrogens (tertiary/aromatic N) is 2. The van der Waals surface area contributed by atoms with Crippen LogP contribution < -0.4 is 5.73 Å². The molecule has 0 bridgehead atoms. The van der Waals surface area contributed by atoms with Crippen LogP contribution in [-0.2, 0) is 4.79 Å². The van der Waals surface area contributed by atoms with E-state index in [-0.39, 0.29) is 11.9 Å². The van der Waals surface area contributed by atoms with Crippen molar-refractivity contribution >= 4 is 5.91 Å². The second-order valence-corrected chi connectivity index (χ2v) is 3.06. The molecular weight excluding hydrogens is 142 g/mol. The van der Waals surface area contributed by atoms with E-state index in [0.717, 1.165) is 6.67 Å². The monoisotopic (exact) mass is 159 g/mol. The van der Waals surface area contributed by atoms with E-state index in [2.05, 4.69) is 0 Å². The van der Waals surface area contributed by atoms with Crippen molar-refractivity contribution in [1.82, 2.24) is 9.80 Å².